The van der Waals surface area contributed by atoms with Gasteiger partial charge in [0.1, 0.15) is 0 Å². The molecule has 1 heterocycles. The van der Waals surface area contributed by atoms with Crippen LogP contribution in [0.4, 0.5) is 5.69 Å². The second-order valence-electron chi connectivity index (χ2n) is 6.22. The van der Waals surface area contributed by atoms with Crippen molar-refractivity contribution in [2.45, 2.75) is 10.6 Å². The molecule has 0 spiro atoms. The van der Waals surface area contributed by atoms with E-state index in [0.29, 0.717) is 42.8 Å². The number of ether oxygens (including phenoxy) is 1. The predicted octanol–water partition coefficient (Wildman–Crippen LogP) is 3.23. The number of benzene rings is 2. The third-order valence-corrected chi connectivity index (χ3v) is 7.25. The Balaban J connectivity index is 1.57. The molecule has 0 bridgehead atoms. The standard InChI is InChI=1S/C19H21ClN2O4S2/c20-16-4-1-3-15(11-16)13-27-14-19(23)21-17-5-2-6-18(12-17)28(24,25)22-7-9-26-10-8-22/h1-6,11-12H,7-10,13-14H2,(H,21,23). The molecule has 1 aliphatic rings. The van der Waals surface area contributed by atoms with Gasteiger partial charge in [0.15, 0.2) is 0 Å². The average molecular weight is 441 g/mol. The van der Waals surface area contributed by atoms with Gasteiger partial charge in [-0.15, -0.1) is 11.8 Å². The summed E-state index contributed by atoms with van der Waals surface area (Å²) in [4.78, 5) is 12.4. The first kappa shape index (κ1) is 21.1. The van der Waals surface area contributed by atoms with Crippen molar-refractivity contribution in [1.82, 2.24) is 4.31 Å². The van der Waals surface area contributed by atoms with Crippen LogP contribution in [0.25, 0.3) is 0 Å². The number of amides is 1. The Hall–Kier alpha value is -1.58. The number of nitrogens with zero attached hydrogens (tertiary/aromatic N) is 1. The number of carbonyl (C=O) groups excluding carboxylic acids is 1. The predicted molar refractivity (Wildman–Crippen MR) is 112 cm³/mol. The van der Waals surface area contributed by atoms with E-state index >= 15 is 0 Å². The highest BCUT2D eigenvalue weighted by molar-refractivity contribution is 7.99. The maximum atomic E-state index is 12.7. The molecule has 1 amide bonds. The topological polar surface area (TPSA) is 75.7 Å². The SMILES string of the molecule is O=C(CSCc1cccc(Cl)c1)Nc1cccc(S(=O)(=O)N2CCOCC2)c1. The molecule has 2 aromatic rings. The van der Waals surface area contributed by atoms with Gasteiger partial charge in [0.25, 0.3) is 0 Å². The molecule has 0 aromatic heterocycles. The van der Waals surface area contributed by atoms with E-state index in [0.717, 1.165) is 5.56 Å². The van der Waals surface area contributed by atoms with Gasteiger partial charge in [0.2, 0.25) is 15.9 Å². The summed E-state index contributed by atoms with van der Waals surface area (Å²) in [6, 6.07) is 13.8. The minimum absolute atomic E-state index is 0.166. The molecule has 0 unspecified atom stereocenters. The number of thioether (sulfide) groups is 1. The molecule has 0 saturated carbocycles. The highest BCUT2D eigenvalue weighted by Crippen LogP contribution is 2.21. The molecule has 1 fully saturated rings. The quantitative estimate of drug-likeness (QED) is 0.715. The van der Waals surface area contributed by atoms with Crippen LogP contribution in [-0.4, -0.2) is 50.7 Å². The Morgan fingerprint density at radius 3 is 2.64 bits per heavy atom. The third kappa shape index (κ3) is 5.71. The molecule has 3 rings (SSSR count). The molecule has 6 nitrogen and oxygen atoms in total. The number of halogens is 1. The Kier molecular flexibility index (Phi) is 7.36. The summed E-state index contributed by atoms with van der Waals surface area (Å²) in [5.74, 6) is 0.736. The van der Waals surface area contributed by atoms with Crippen molar-refractivity contribution in [2.75, 3.05) is 37.4 Å². The fourth-order valence-electron chi connectivity index (χ4n) is 2.76. The number of nitrogens with one attached hydrogen (secondary N) is 1. The molecule has 1 aliphatic heterocycles. The molecule has 0 radical (unpaired) electrons. The first-order chi connectivity index (χ1) is 13.4. The summed E-state index contributed by atoms with van der Waals surface area (Å²) in [5.41, 5.74) is 1.51. The number of hydrogen-bond donors (Lipinski definition) is 1. The minimum atomic E-state index is -3.59. The van der Waals surface area contributed by atoms with Crippen molar-refractivity contribution >= 4 is 45.0 Å². The summed E-state index contributed by atoms with van der Waals surface area (Å²) in [5, 5.41) is 3.43. The van der Waals surface area contributed by atoms with E-state index in [4.69, 9.17) is 16.3 Å². The molecule has 1 saturated heterocycles. The van der Waals surface area contributed by atoms with Gasteiger partial charge >= 0.3 is 0 Å². The lowest BCUT2D eigenvalue weighted by Crippen LogP contribution is -2.40. The second kappa shape index (κ2) is 9.76. The van der Waals surface area contributed by atoms with Crippen molar-refractivity contribution in [1.29, 1.82) is 0 Å². The first-order valence-corrected chi connectivity index (χ1v) is 11.7. The normalized spacial score (nSPS) is 15.3. The lowest BCUT2D eigenvalue weighted by Gasteiger charge is -2.26. The van der Waals surface area contributed by atoms with E-state index in [1.165, 1.54) is 28.2 Å². The Bertz CT molecular complexity index is 931. The second-order valence-corrected chi connectivity index (χ2v) is 9.58. The van der Waals surface area contributed by atoms with Crippen molar-refractivity contribution in [3.8, 4) is 0 Å². The Labute approximate surface area is 174 Å². The number of anilines is 1. The highest BCUT2D eigenvalue weighted by Gasteiger charge is 2.26. The summed E-state index contributed by atoms with van der Waals surface area (Å²) in [7, 11) is -3.59. The van der Waals surface area contributed by atoms with Crippen LogP contribution >= 0.6 is 23.4 Å². The molecule has 1 N–H and O–H groups in total. The summed E-state index contributed by atoms with van der Waals surface area (Å²) in [6.45, 7) is 1.44. The van der Waals surface area contributed by atoms with E-state index in [9.17, 15) is 13.2 Å². The highest BCUT2D eigenvalue weighted by atomic mass is 35.5. The Morgan fingerprint density at radius 1 is 1.14 bits per heavy atom. The van der Waals surface area contributed by atoms with E-state index in [-0.39, 0.29) is 16.6 Å². The average Bonchev–Trinajstić information content (AvgIpc) is 2.69. The van der Waals surface area contributed by atoms with E-state index in [1.54, 1.807) is 18.2 Å². The van der Waals surface area contributed by atoms with Gasteiger partial charge in [-0.2, -0.15) is 4.31 Å². The fourth-order valence-corrected chi connectivity index (χ4v) is 5.20. The van der Waals surface area contributed by atoms with Crippen LogP contribution in [0.2, 0.25) is 5.02 Å². The van der Waals surface area contributed by atoms with Crippen molar-refractivity contribution in [2.24, 2.45) is 0 Å². The lowest BCUT2D eigenvalue weighted by molar-refractivity contribution is -0.113. The summed E-state index contributed by atoms with van der Waals surface area (Å²) < 4.78 is 32.1. The van der Waals surface area contributed by atoms with Crippen LogP contribution in [0.3, 0.4) is 0 Å². The van der Waals surface area contributed by atoms with Gasteiger partial charge in [-0.1, -0.05) is 29.8 Å². The molecule has 150 valence electrons. The van der Waals surface area contributed by atoms with Gasteiger partial charge < -0.3 is 10.1 Å². The van der Waals surface area contributed by atoms with Gasteiger partial charge in [0.05, 0.1) is 23.9 Å². The van der Waals surface area contributed by atoms with Crippen LogP contribution in [0.15, 0.2) is 53.4 Å². The van der Waals surface area contributed by atoms with Crippen LogP contribution in [-0.2, 0) is 25.3 Å². The monoisotopic (exact) mass is 440 g/mol. The van der Waals surface area contributed by atoms with Gasteiger partial charge in [-0.05, 0) is 35.9 Å². The number of rotatable bonds is 7. The number of sulfonamides is 1. The maximum Gasteiger partial charge on any atom is 0.243 e. The zero-order valence-electron chi connectivity index (χ0n) is 15.1. The van der Waals surface area contributed by atoms with Crippen molar-refractivity contribution < 1.29 is 17.9 Å². The Morgan fingerprint density at radius 2 is 1.89 bits per heavy atom. The van der Waals surface area contributed by atoms with Crippen molar-refractivity contribution in [3.05, 3.63) is 59.1 Å². The molecule has 0 atom stereocenters. The molecule has 9 heteroatoms. The van der Waals surface area contributed by atoms with Crippen LogP contribution < -0.4 is 5.32 Å². The molecular formula is C19H21ClN2O4S2. The van der Waals surface area contributed by atoms with E-state index in [2.05, 4.69) is 5.32 Å². The van der Waals surface area contributed by atoms with E-state index in [1.807, 2.05) is 18.2 Å². The van der Waals surface area contributed by atoms with Gasteiger partial charge in [0, 0.05) is 29.6 Å². The van der Waals surface area contributed by atoms with Crippen LogP contribution in [0.5, 0.6) is 0 Å². The number of morpholine rings is 1. The van der Waals surface area contributed by atoms with Gasteiger partial charge in [-0.25, -0.2) is 8.42 Å². The van der Waals surface area contributed by atoms with Crippen LogP contribution in [0, 0.1) is 0 Å². The largest absolute Gasteiger partial charge is 0.379 e. The number of carbonyl (C=O) groups is 1. The van der Waals surface area contributed by atoms with Crippen molar-refractivity contribution in [3.63, 3.8) is 0 Å². The zero-order chi connectivity index (χ0) is 20.0. The smallest absolute Gasteiger partial charge is 0.243 e. The molecule has 0 aliphatic carbocycles. The van der Waals surface area contributed by atoms with E-state index < -0.39 is 10.0 Å². The lowest BCUT2D eigenvalue weighted by atomic mass is 10.2. The summed E-state index contributed by atoms with van der Waals surface area (Å²) in [6.07, 6.45) is 0. The molecule has 2 aromatic carbocycles. The molecular weight excluding hydrogens is 420 g/mol. The van der Waals surface area contributed by atoms with Gasteiger partial charge in [-0.3, -0.25) is 4.79 Å². The summed E-state index contributed by atoms with van der Waals surface area (Å²) >= 11 is 7.42. The fraction of sp³-hybridized carbons (Fsp3) is 0.316. The molecule has 28 heavy (non-hydrogen) atoms. The van der Waals surface area contributed by atoms with Crippen LogP contribution in [0.1, 0.15) is 5.56 Å². The minimum Gasteiger partial charge on any atom is -0.379 e. The first-order valence-electron chi connectivity index (χ1n) is 8.75. The maximum absolute atomic E-state index is 12.7. The zero-order valence-corrected chi connectivity index (χ0v) is 17.5. The number of hydrogen-bond acceptors (Lipinski definition) is 5. The third-order valence-electron chi connectivity index (χ3n) is 4.12.